The maximum absolute atomic E-state index is 5.53. The molecule has 0 unspecified atom stereocenters. The van der Waals surface area contributed by atoms with Crippen molar-refractivity contribution >= 4 is 48.9 Å². The fourth-order valence-electron chi connectivity index (χ4n) is 1.92. The number of nitrogens with one attached hydrogen (secondary N) is 1. The predicted octanol–water partition coefficient (Wildman–Crippen LogP) is 5.85. The molecule has 0 aliphatic rings. The zero-order valence-corrected chi connectivity index (χ0v) is 15.2. The van der Waals surface area contributed by atoms with Crippen LogP contribution in [-0.4, -0.2) is 4.98 Å². The lowest BCUT2D eigenvalue weighted by molar-refractivity contribution is 0.494. The van der Waals surface area contributed by atoms with Gasteiger partial charge in [-0.2, -0.15) is 0 Å². The van der Waals surface area contributed by atoms with E-state index in [1.807, 2.05) is 13.0 Å². The molecule has 0 amide bonds. The normalized spacial score (nSPS) is 10.8. The Hall–Kier alpha value is -1.11. The van der Waals surface area contributed by atoms with Crippen molar-refractivity contribution in [3.8, 4) is 11.3 Å². The molecule has 108 valence electrons. The minimum atomic E-state index is 0.638. The van der Waals surface area contributed by atoms with Crippen LogP contribution in [0.15, 0.2) is 49.3 Å². The average Bonchev–Trinajstić information content (AvgIpc) is 3.04. The molecular formula is C15H12Br2N2OS. The highest BCUT2D eigenvalue weighted by atomic mass is 79.9. The lowest BCUT2D eigenvalue weighted by Crippen LogP contribution is -1.97. The molecule has 0 saturated heterocycles. The van der Waals surface area contributed by atoms with Gasteiger partial charge in [0.2, 0.25) is 0 Å². The van der Waals surface area contributed by atoms with Crippen molar-refractivity contribution in [3.63, 3.8) is 0 Å². The van der Waals surface area contributed by atoms with E-state index in [1.165, 1.54) is 0 Å². The van der Waals surface area contributed by atoms with Crippen molar-refractivity contribution in [2.45, 2.75) is 13.5 Å². The fraction of sp³-hybridized carbons (Fsp3) is 0.133. The van der Waals surface area contributed by atoms with E-state index in [-0.39, 0.29) is 0 Å². The van der Waals surface area contributed by atoms with Gasteiger partial charge >= 0.3 is 0 Å². The molecule has 0 spiro atoms. The SMILES string of the molecule is Cc1nc(-c2ccc(NCc3cc(Br)c(Br)o3)cc2)cs1. The molecule has 0 fully saturated rings. The molecule has 1 N–H and O–H groups in total. The third-order valence-electron chi connectivity index (χ3n) is 2.96. The summed E-state index contributed by atoms with van der Waals surface area (Å²) in [6.07, 6.45) is 0. The van der Waals surface area contributed by atoms with Crippen LogP contribution in [0.5, 0.6) is 0 Å². The summed E-state index contributed by atoms with van der Waals surface area (Å²) in [5.74, 6) is 0.868. The number of rotatable bonds is 4. The second-order valence-electron chi connectivity index (χ2n) is 4.52. The van der Waals surface area contributed by atoms with E-state index >= 15 is 0 Å². The van der Waals surface area contributed by atoms with E-state index in [2.05, 4.69) is 71.8 Å². The van der Waals surface area contributed by atoms with Gasteiger partial charge in [0.05, 0.1) is 21.7 Å². The van der Waals surface area contributed by atoms with E-state index < -0.39 is 0 Å². The zero-order chi connectivity index (χ0) is 14.8. The number of aromatic nitrogens is 1. The Labute approximate surface area is 143 Å². The van der Waals surface area contributed by atoms with E-state index in [1.54, 1.807) is 11.3 Å². The molecule has 0 aliphatic heterocycles. The average molecular weight is 428 g/mol. The van der Waals surface area contributed by atoms with Crippen LogP contribution < -0.4 is 5.32 Å². The highest BCUT2D eigenvalue weighted by Gasteiger charge is 2.06. The number of thiazole rings is 1. The van der Waals surface area contributed by atoms with Gasteiger partial charge in [-0.1, -0.05) is 12.1 Å². The smallest absolute Gasteiger partial charge is 0.183 e. The summed E-state index contributed by atoms with van der Waals surface area (Å²) in [5, 5.41) is 6.50. The van der Waals surface area contributed by atoms with Crippen LogP contribution in [0.2, 0.25) is 0 Å². The molecule has 1 aromatic carbocycles. The van der Waals surface area contributed by atoms with Gasteiger partial charge in [0, 0.05) is 16.6 Å². The quantitative estimate of drug-likeness (QED) is 0.567. The first-order valence-corrected chi connectivity index (χ1v) is 8.78. The Morgan fingerprint density at radius 1 is 1.24 bits per heavy atom. The Morgan fingerprint density at radius 3 is 2.57 bits per heavy atom. The number of hydrogen-bond acceptors (Lipinski definition) is 4. The standard InChI is InChI=1S/C15H12Br2N2OS/c1-9-19-14(8-21-9)10-2-4-11(5-3-10)18-7-12-6-13(16)15(17)20-12/h2-6,8,18H,7H2,1H3. The van der Waals surface area contributed by atoms with Gasteiger partial charge in [0.25, 0.3) is 0 Å². The first kappa shape index (κ1) is 14.8. The predicted molar refractivity (Wildman–Crippen MR) is 93.7 cm³/mol. The van der Waals surface area contributed by atoms with Crippen LogP contribution in [-0.2, 0) is 6.54 Å². The first-order valence-electron chi connectivity index (χ1n) is 6.32. The Morgan fingerprint density at radius 2 is 2.00 bits per heavy atom. The number of anilines is 1. The first-order chi connectivity index (χ1) is 10.1. The molecule has 0 radical (unpaired) electrons. The Balaban J connectivity index is 1.67. The van der Waals surface area contributed by atoms with Crippen LogP contribution >= 0.6 is 43.2 Å². The zero-order valence-electron chi connectivity index (χ0n) is 11.2. The van der Waals surface area contributed by atoms with Crippen molar-refractivity contribution < 1.29 is 4.42 Å². The van der Waals surface area contributed by atoms with Crippen molar-refractivity contribution in [1.29, 1.82) is 0 Å². The second-order valence-corrected chi connectivity index (χ2v) is 7.15. The van der Waals surface area contributed by atoms with Gasteiger partial charge in [-0.3, -0.25) is 0 Å². The van der Waals surface area contributed by atoms with Crippen LogP contribution in [0.4, 0.5) is 5.69 Å². The van der Waals surface area contributed by atoms with Gasteiger partial charge < -0.3 is 9.73 Å². The summed E-state index contributed by atoms with van der Waals surface area (Å²) < 4.78 is 7.17. The largest absolute Gasteiger partial charge is 0.451 e. The number of furan rings is 1. The van der Waals surface area contributed by atoms with Crippen molar-refractivity contribution in [2.75, 3.05) is 5.32 Å². The molecule has 3 nitrogen and oxygen atoms in total. The van der Waals surface area contributed by atoms with Crippen molar-refractivity contribution in [2.24, 2.45) is 0 Å². The summed E-state index contributed by atoms with van der Waals surface area (Å²) in [6, 6.07) is 10.2. The molecule has 3 rings (SSSR count). The summed E-state index contributed by atoms with van der Waals surface area (Å²) in [5.41, 5.74) is 3.21. The molecule has 3 aromatic rings. The number of aryl methyl sites for hydroxylation is 1. The molecule has 2 heterocycles. The number of benzene rings is 1. The van der Waals surface area contributed by atoms with Crippen LogP contribution in [0.1, 0.15) is 10.8 Å². The highest BCUT2D eigenvalue weighted by molar-refractivity contribution is 9.13. The lowest BCUT2D eigenvalue weighted by Gasteiger charge is -2.05. The molecular weight excluding hydrogens is 416 g/mol. The van der Waals surface area contributed by atoms with Crippen LogP contribution in [0.3, 0.4) is 0 Å². The molecule has 0 aliphatic carbocycles. The highest BCUT2D eigenvalue weighted by Crippen LogP contribution is 2.27. The van der Waals surface area contributed by atoms with E-state index in [9.17, 15) is 0 Å². The molecule has 0 saturated carbocycles. The van der Waals surface area contributed by atoms with Gasteiger partial charge in [-0.25, -0.2) is 4.98 Å². The number of nitrogens with zero attached hydrogens (tertiary/aromatic N) is 1. The number of halogens is 2. The topological polar surface area (TPSA) is 38.1 Å². The molecule has 0 bridgehead atoms. The second kappa shape index (κ2) is 6.34. The van der Waals surface area contributed by atoms with Crippen molar-refractivity contribution in [3.05, 3.63) is 55.6 Å². The summed E-state index contributed by atoms with van der Waals surface area (Å²) >= 11 is 8.40. The molecule has 0 atom stereocenters. The summed E-state index contributed by atoms with van der Waals surface area (Å²) in [4.78, 5) is 4.49. The summed E-state index contributed by atoms with van der Waals surface area (Å²) in [7, 11) is 0. The Kier molecular flexibility index (Phi) is 4.47. The third-order valence-corrected chi connectivity index (χ3v) is 5.45. The van der Waals surface area contributed by atoms with Crippen LogP contribution in [0, 0.1) is 6.92 Å². The van der Waals surface area contributed by atoms with Crippen molar-refractivity contribution in [1.82, 2.24) is 4.98 Å². The van der Waals surface area contributed by atoms with Gasteiger partial charge in [-0.15, -0.1) is 11.3 Å². The minimum Gasteiger partial charge on any atom is -0.451 e. The summed E-state index contributed by atoms with van der Waals surface area (Å²) in [6.45, 7) is 2.66. The monoisotopic (exact) mass is 426 g/mol. The molecule has 2 aromatic heterocycles. The fourth-order valence-corrected chi connectivity index (χ4v) is 3.20. The molecule has 6 heteroatoms. The van der Waals surface area contributed by atoms with E-state index in [0.717, 1.165) is 32.2 Å². The van der Waals surface area contributed by atoms with Gasteiger partial charge in [-0.05, 0) is 57.0 Å². The maximum Gasteiger partial charge on any atom is 0.183 e. The van der Waals surface area contributed by atoms with Gasteiger partial charge in [0.15, 0.2) is 4.67 Å². The van der Waals surface area contributed by atoms with E-state index in [4.69, 9.17) is 4.42 Å². The third kappa shape index (κ3) is 3.56. The number of hydrogen-bond donors (Lipinski definition) is 1. The van der Waals surface area contributed by atoms with Crippen LogP contribution in [0.25, 0.3) is 11.3 Å². The van der Waals surface area contributed by atoms with Gasteiger partial charge in [0.1, 0.15) is 5.76 Å². The molecule has 21 heavy (non-hydrogen) atoms. The lowest BCUT2D eigenvalue weighted by atomic mass is 10.1. The minimum absolute atomic E-state index is 0.638. The van der Waals surface area contributed by atoms with E-state index in [0.29, 0.717) is 11.2 Å². The Bertz CT molecular complexity index is 730. The maximum atomic E-state index is 5.53.